The summed E-state index contributed by atoms with van der Waals surface area (Å²) in [5.74, 6) is 0.649. The van der Waals surface area contributed by atoms with Gasteiger partial charge in [-0.05, 0) is 18.8 Å². The molecule has 2 rings (SSSR count). The van der Waals surface area contributed by atoms with Crippen molar-refractivity contribution in [1.29, 1.82) is 0 Å². The average molecular weight is 183 g/mol. The molecule has 1 aliphatic carbocycles. The van der Waals surface area contributed by atoms with Crippen molar-refractivity contribution >= 4 is 0 Å². The van der Waals surface area contributed by atoms with Crippen molar-refractivity contribution in [2.24, 2.45) is 13.0 Å². The maximum atomic E-state index is 11.5. The molecule has 0 radical (unpaired) electrons. The van der Waals surface area contributed by atoms with Gasteiger partial charge in [0.2, 0.25) is 0 Å². The number of hydrogen-bond acceptors (Lipinski definition) is 3. The molecule has 1 aliphatic rings. The van der Waals surface area contributed by atoms with Crippen molar-refractivity contribution in [1.82, 2.24) is 14.3 Å². The summed E-state index contributed by atoms with van der Waals surface area (Å²) < 4.78 is 7.91. The van der Waals surface area contributed by atoms with Crippen LogP contribution in [0.1, 0.15) is 12.8 Å². The highest BCUT2D eigenvalue weighted by molar-refractivity contribution is 4.94. The summed E-state index contributed by atoms with van der Waals surface area (Å²) in [6, 6.07) is 0.416. The third kappa shape index (κ3) is 1.46. The van der Waals surface area contributed by atoms with Crippen molar-refractivity contribution in [2.75, 3.05) is 7.11 Å². The number of nitrogens with zero attached hydrogens (tertiary/aromatic N) is 3. The Kier molecular flexibility index (Phi) is 1.86. The van der Waals surface area contributed by atoms with Crippen LogP contribution in [0.5, 0.6) is 6.01 Å². The normalized spacial score (nSPS) is 16.2. The topological polar surface area (TPSA) is 49.1 Å². The molecule has 0 aromatic carbocycles. The summed E-state index contributed by atoms with van der Waals surface area (Å²) in [5.41, 5.74) is -0.0937. The van der Waals surface area contributed by atoms with Gasteiger partial charge in [0.1, 0.15) is 0 Å². The Morgan fingerprint density at radius 2 is 2.31 bits per heavy atom. The first kappa shape index (κ1) is 8.34. The first-order valence-corrected chi connectivity index (χ1v) is 4.40. The van der Waals surface area contributed by atoms with Crippen LogP contribution in [-0.2, 0) is 13.6 Å². The average Bonchev–Trinajstić information content (AvgIpc) is 2.88. The number of rotatable bonds is 3. The van der Waals surface area contributed by atoms with Crippen LogP contribution in [0.25, 0.3) is 0 Å². The fourth-order valence-corrected chi connectivity index (χ4v) is 1.35. The summed E-state index contributed by atoms with van der Waals surface area (Å²) in [4.78, 5) is 11.5. The van der Waals surface area contributed by atoms with E-state index in [1.54, 1.807) is 11.6 Å². The van der Waals surface area contributed by atoms with Crippen LogP contribution in [-0.4, -0.2) is 21.5 Å². The van der Waals surface area contributed by atoms with Crippen LogP contribution in [0.2, 0.25) is 0 Å². The minimum atomic E-state index is -0.0937. The van der Waals surface area contributed by atoms with Crippen LogP contribution in [0, 0.1) is 5.92 Å². The SMILES string of the molecule is COc1nn(C)c(=O)n1CC1CC1. The molecule has 1 fully saturated rings. The predicted molar refractivity (Wildman–Crippen MR) is 46.7 cm³/mol. The van der Waals surface area contributed by atoms with Crippen molar-refractivity contribution in [3.63, 3.8) is 0 Å². The molecule has 1 aromatic heterocycles. The first-order chi connectivity index (χ1) is 6.22. The quantitative estimate of drug-likeness (QED) is 0.662. The molecular weight excluding hydrogens is 170 g/mol. The van der Waals surface area contributed by atoms with E-state index in [9.17, 15) is 4.79 Å². The summed E-state index contributed by atoms with van der Waals surface area (Å²) in [7, 11) is 3.17. The lowest BCUT2D eigenvalue weighted by Gasteiger charge is -2.00. The molecule has 0 unspecified atom stereocenters. The molecule has 1 heterocycles. The Morgan fingerprint density at radius 3 is 2.85 bits per heavy atom. The van der Waals surface area contributed by atoms with Crippen LogP contribution < -0.4 is 10.4 Å². The highest BCUT2D eigenvalue weighted by Gasteiger charge is 2.25. The standard InChI is InChI=1S/C8H13N3O2/c1-10-8(12)11(5-6-3-4-6)7(9-10)13-2/h6H,3-5H2,1-2H3. The predicted octanol–water partition coefficient (Wildman–Crippen LogP) is 0.000400. The van der Waals surface area contributed by atoms with Gasteiger partial charge < -0.3 is 4.74 Å². The molecule has 0 N–H and O–H groups in total. The van der Waals surface area contributed by atoms with Crippen LogP contribution in [0.3, 0.4) is 0 Å². The summed E-state index contributed by atoms with van der Waals surface area (Å²) >= 11 is 0. The van der Waals surface area contributed by atoms with E-state index < -0.39 is 0 Å². The van der Waals surface area contributed by atoms with Gasteiger partial charge in [-0.2, -0.15) is 0 Å². The van der Waals surface area contributed by atoms with Gasteiger partial charge in [-0.3, -0.25) is 0 Å². The van der Waals surface area contributed by atoms with Crippen LogP contribution >= 0.6 is 0 Å². The highest BCUT2D eigenvalue weighted by Crippen LogP contribution is 2.30. The van der Waals surface area contributed by atoms with Crippen molar-refractivity contribution < 1.29 is 4.74 Å². The Labute approximate surface area is 75.9 Å². The number of aromatic nitrogens is 3. The highest BCUT2D eigenvalue weighted by atomic mass is 16.5. The minimum absolute atomic E-state index is 0.0937. The van der Waals surface area contributed by atoms with E-state index in [2.05, 4.69) is 5.10 Å². The lowest BCUT2D eigenvalue weighted by atomic mass is 10.4. The van der Waals surface area contributed by atoms with E-state index in [-0.39, 0.29) is 5.69 Å². The second-order valence-corrected chi connectivity index (χ2v) is 3.45. The minimum Gasteiger partial charge on any atom is -0.467 e. The molecule has 0 atom stereocenters. The van der Waals surface area contributed by atoms with Gasteiger partial charge in [0.25, 0.3) is 0 Å². The fourth-order valence-electron chi connectivity index (χ4n) is 1.35. The number of aryl methyl sites for hydroxylation is 1. The molecule has 0 aliphatic heterocycles. The summed E-state index contributed by atoms with van der Waals surface area (Å²) in [5, 5.41) is 3.95. The Hall–Kier alpha value is -1.26. The molecule has 1 aromatic rings. The molecule has 1 saturated carbocycles. The lowest BCUT2D eigenvalue weighted by Crippen LogP contribution is -2.23. The Balaban J connectivity index is 2.33. The Bertz CT molecular complexity index is 362. The van der Waals surface area contributed by atoms with E-state index in [0.717, 1.165) is 6.54 Å². The lowest BCUT2D eigenvalue weighted by molar-refractivity contribution is 0.348. The van der Waals surface area contributed by atoms with E-state index >= 15 is 0 Å². The van der Waals surface area contributed by atoms with Crippen LogP contribution in [0.4, 0.5) is 0 Å². The Morgan fingerprint density at radius 1 is 1.62 bits per heavy atom. The van der Waals surface area contributed by atoms with Gasteiger partial charge in [0.05, 0.1) is 7.11 Å². The molecule has 0 bridgehead atoms. The van der Waals surface area contributed by atoms with Gasteiger partial charge in [0.15, 0.2) is 0 Å². The van der Waals surface area contributed by atoms with Gasteiger partial charge >= 0.3 is 11.7 Å². The molecule has 72 valence electrons. The van der Waals surface area contributed by atoms with Crippen LogP contribution in [0.15, 0.2) is 4.79 Å². The molecule has 13 heavy (non-hydrogen) atoms. The number of hydrogen-bond donors (Lipinski definition) is 0. The summed E-state index contributed by atoms with van der Waals surface area (Å²) in [6.45, 7) is 0.746. The van der Waals surface area contributed by atoms with E-state index in [0.29, 0.717) is 11.9 Å². The molecular formula is C8H13N3O2. The zero-order valence-electron chi connectivity index (χ0n) is 7.86. The summed E-state index contributed by atoms with van der Waals surface area (Å²) in [6.07, 6.45) is 2.43. The maximum Gasteiger partial charge on any atom is 0.348 e. The van der Waals surface area contributed by atoms with Gasteiger partial charge in [-0.15, -0.1) is 5.10 Å². The third-order valence-electron chi connectivity index (χ3n) is 2.29. The second kappa shape index (κ2) is 2.90. The molecule has 5 heteroatoms. The number of ether oxygens (including phenoxy) is 1. The molecule has 0 saturated heterocycles. The number of methoxy groups -OCH3 is 1. The second-order valence-electron chi connectivity index (χ2n) is 3.45. The smallest absolute Gasteiger partial charge is 0.348 e. The van der Waals surface area contributed by atoms with E-state index in [4.69, 9.17) is 4.74 Å². The van der Waals surface area contributed by atoms with Crippen molar-refractivity contribution in [3.05, 3.63) is 10.5 Å². The van der Waals surface area contributed by atoms with Gasteiger partial charge in [-0.1, -0.05) is 0 Å². The van der Waals surface area contributed by atoms with E-state index in [1.165, 1.54) is 24.6 Å². The molecule has 0 spiro atoms. The van der Waals surface area contributed by atoms with Gasteiger partial charge in [-0.25, -0.2) is 14.0 Å². The fraction of sp³-hybridized carbons (Fsp3) is 0.750. The largest absolute Gasteiger partial charge is 0.467 e. The van der Waals surface area contributed by atoms with Crippen molar-refractivity contribution in [2.45, 2.75) is 19.4 Å². The first-order valence-electron chi connectivity index (χ1n) is 4.40. The maximum absolute atomic E-state index is 11.5. The van der Waals surface area contributed by atoms with E-state index in [1.807, 2.05) is 0 Å². The molecule has 5 nitrogen and oxygen atoms in total. The monoisotopic (exact) mass is 183 g/mol. The zero-order valence-corrected chi connectivity index (χ0v) is 7.86. The zero-order chi connectivity index (χ0) is 9.42. The van der Waals surface area contributed by atoms with Crippen molar-refractivity contribution in [3.8, 4) is 6.01 Å². The van der Waals surface area contributed by atoms with Gasteiger partial charge in [0, 0.05) is 13.6 Å². The molecule has 0 amide bonds. The third-order valence-corrected chi connectivity index (χ3v) is 2.29.